The second-order valence-electron chi connectivity index (χ2n) is 5.41. The van der Waals surface area contributed by atoms with Crippen molar-refractivity contribution in [1.82, 2.24) is 10.2 Å². The molecule has 0 bridgehead atoms. The van der Waals surface area contributed by atoms with Gasteiger partial charge >= 0.3 is 0 Å². The highest BCUT2D eigenvalue weighted by atomic mass is 16.1. The first-order valence-corrected chi connectivity index (χ1v) is 6.10. The van der Waals surface area contributed by atoms with Crippen LogP contribution in [0.1, 0.15) is 27.2 Å². The van der Waals surface area contributed by atoms with Gasteiger partial charge in [-0.15, -0.1) is 0 Å². The molecule has 4 heteroatoms. The lowest BCUT2D eigenvalue weighted by molar-refractivity contribution is -0.124. The van der Waals surface area contributed by atoms with Gasteiger partial charge in [-0.25, -0.2) is 0 Å². The summed E-state index contributed by atoms with van der Waals surface area (Å²) in [7, 11) is 1.79. The number of nitrogens with one attached hydrogen (secondary N) is 1. The summed E-state index contributed by atoms with van der Waals surface area (Å²) in [5.74, 6) is 1.25. The van der Waals surface area contributed by atoms with E-state index >= 15 is 0 Å². The van der Waals surface area contributed by atoms with Crippen LogP contribution < -0.4 is 11.1 Å². The monoisotopic (exact) mass is 227 g/mol. The molecule has 0 radical (unpaired) electrons. The Balaban J connectivity index is 2.42. The highest BCUT2D eigenvalue weighted by Crippen LogP contribution is 2.23. The SMILES string of the molecule is CNC(C)(CCN1CC(C)C(C)C1)C(N)=O. The van der Waals surface area contributed by atoms with E-state index in [2.05, 4.69) is 24.1 Å². The molecule has 0 aromatic heterocycles. The van der Waals surface area contributed by atoms with Crippen LogP contribution in [0.2, 0.25) is 0 Å². The first kappa shape index (κ1) is 13.5. The van der Waals surface area contributed by atoms with E-state index in [1.54, 1.807) is 7.05 Å². The number of hydrogen-bond donors (Lipinski definition) is 2. The number of nitrogens with zero attached hydrogens (tertiary/aromatic N) is 1. The van der Waals surface area contributed by atoms with Gasteiger partial charge in [-0.05, 0) is 32.2 Å². The normalized spacial score (nSPS) is 30.2. The molecule has 1 heterocycles. The van der Waals surface area contributed by atoms with Crippen LogP contribution in [0.4, 0.5) is 0 Å². The molecule has 0 aromatic rings. The standard InChI is InChI=1S/C12H25N3O/c1-9-7-15(8-10(9)2)6-5-12(3,14-4)11(13)16/h9-10,14H,5-8H2,1-4H3,(H2,13,16). The van der Waals surface area contributed by atoms with Gasteiger partial charge in [0.1, 0.15) is 0 Å². The fraction of sp³-hybridized carbons (Fsp3) is 0.917. The molecule has 94 valence electrons. The lowest BCUT2D eigenvalue weighted by Crippen LogP contribution is -2.53. The molecule has 3 atom stereocenters. The Morgan fingerprint density at radius 3 is 2.31 bits per heavy atom. The molecule has 0 spiro atoms. The fourth-order valence-electron chi connectivity index (χ4n) is 2.18. The van der Waals surface area contributed by atoms with Crippen molar-refractivity contribution < 1.29 is 4.79 Å². The predicted octanol–water partition coefficient (Wildman–Crippen LogP) is 0.428. The number of primary amides is 1. The first-order valence-electron chi connectivity index (χ1n) is 6.10. The van der Waals surface area contributed by atoms with Crippen molar-refractivity contribution in [3.63, 3.8) is 0 Å². The van der Waals surface area contributed by atoms with Crippen LogP contribution in [0.15, 0.2) is 0 Å². The summed E-state index contributed by atoms with van der Waals surface area (Å²) in [6.45, 7) is 9.67. The van der Waals surface area contributed by atoms with Crippen molar-refractivity contribution in [3.8, 4) is 0 Å². The van der Waals surface area contributed by atoms with Crippen LogP contribution in [0.5, 0.6) is 0 Å². The zero-order valence-corrected chi connectivity index (χ0v) is 10.9. The van der Waals surface area contributed by atoms with E-state index in [4.69, 9.17) is 5.73 Å². The number of likely N-dealkylation sites (N-methyl/N-ethyl adjacent to an activating group) is 1. The van der Waals surface area contributed by atoms with Crippen molar-refractivity contribution in [2.45, 2.75) is 32.7 Å². The number of nitrogens with two attached hydrogens (primary N) is 1. The summed E-state index contributed by atoms with van der Waals surface area (Å²) in [5, 5.41) is 3.02. The minimum absolute atomic E-state index is 0.268. The molecule has 1 saturated heterocycles. The third-order valence-electron chi connectivity index (χ3n) is 4.09. The average molecular weight is 227 g/mol. The Hall–Kier alpha value is -0.610. The summed E-state index contributed by atoms with van der Waals surface area (Å²) < 4.78 is 0. The van der Waals surface area contributed by atoms with E-state index in [0.29, 0.717) is 0 Å². The molecule has 1 aliphatic rings. The van der Waals surface area contributed by atoms with Crippen molar-refractivity contribution >= 4 is 5.91 Å². The molecule has 16 heavy (non-hydrogen) atoms. The molecule has 1 rings (SSSR count). The third-order valence-corrected chi connectivity index (χ3v) is 4.09. The lowest BCUT2D eigenvalue weighted by Gasteiger charge is -2.28. The van der Waals surface area contributed by atoms with Gasteiger partial charge in [0.15, 0.2) is 0 Å². The van der Waals surface area contributed by atoms with Gasteiger partial charge in [0.25, 0.3) is 0 Å². The summed E-state index contributed by atoms with van der Waals surface area (Å²) in [6.07, 6.45) is 0.776. The number of hydrogen-bond acceptors (Lipinski definition) is 3. The zero-order valence-electron chi connectivity index (χ0n) is 10.9. The smallest absolute Gasteiger partial charge is 0.237 e. The molecule has 4 nitrogen and oxygen atoms in total. The van der Waals surface area contributed by atoms with E-state index in [1.807, 2.05) is 6.92 Å². The van der Waals surface area contributed by atoms with Gasteiger partial charge in [-0.2, -0.15) is 0 Å². The Kier molecular flexibility index (Phi) is 4.33. The number of carbonyl (C=O) groups excluding carboxylic acids is 1. The summed E-state index contributed by atoms with van der Waals surface area (Å²) in [6, 6.07) is 0. The van der Waals surface area contributed by atoms with Crippen LogP contribution in [0, 0.1) is 11.8 Å². The summed E-state index contributed by atoms with van der Waals surface area (Å²) in [5.41, 5.74) is 4.83. The van der Waals surface area contributed by atoms with Crippen LogP contribution >= 0.6 is 0 Å². The quantitative estimate of drug-likeness (QED) is 0.716. The van der Waals surface area contributed by atoms with Crippen molar-refractivity contribution in [2.24, 2.45) is 17.6 Å². The van der Waals surface area contributed by atoms with Gasteiger partial charge < -0.3 is 16.0 Å². The summed E-state index contributed by atoms with van der Waals surface area (Å²) >= 11 is 0. The molecule has 0 aliphatic carbocycles. The highest BCUT2D eigenvalue weighted by molar-refractivity contribution is 5.84. The van der Waals surface area contributed by atoms with Gasteiger partial charge in [0.05, 0.1) is 5.54 Å². The number of amides is 1. The molecule has 3 N–H and O–H groups in total. The molecule has 1 amide bonds. The van der Waals surface area contributed by atoms with Crippen LogP contribution in [-0.4, -0.2) is 43.0 Å². The molecule has 3 unspecified atom stereocenters. The summed E-state index contributed by atoms with van der Waals surface area (Å²) in [4.78, 5) is 13.8. The van der Waals surface area contributed by atoms with E-state index in [-0.39, 0.29) is 5.91 Å². The minimum atomic E-state index is -0.574. The molecule has 1 fully saturated rings. The van der Waals surface area contributed by atoms with E-state index in [1.165, 1.54) is 0 Å². The van der Waals surface area contributed by atoms with Gasteiger partial charge in [-0.3, -0.25) is 4.79 Å². The van der Waals surface area contributed by atoms with E-state index in [0.717, 1.165) is 37.9 Å². The number of rotatable bonds is 5. The molecule has 0 saturated carbocycles. The second-order valence-corrected chi connectivity index (χ2v) is 5.41. The number of likely N-dealkylation sites (tertiary alicyclic amines) is 1. The Morgan fingerprint density at radius 2 is 1.94 bits per heavy atom. The topological polar surface area (TPSA) is 58.4 Å². The van der Waals surface area contributed by atoms with Crippen LogP contribution in [0.25, 0.3) is 0 Å². The van der Waals surface area contributed by atoms with Crippen LogP contribution in [-0.2, 0) is 4.79 Å². The maximum Gasteiger partial charge on any atom is 0.237 e. The Morgan fingerprint density at radius 1 is 1.44 bits per heavy atom. The molecular formula is C12H25N3O. The highest BCUT2D eigenvalue weighted by Gasteiger charge is 2.32. The largest absolute Gasteiger partial charge is 0.368 e. The van der Waals surface area contributed by atoms with Gasteiger partial charge in [0, 0.05) is 19.6 Å². The maximum atomic E-state index is 11.3. The minimum Gasteiger partial charge on any atom is -0.368 e. The number of carbonyl (C=O) groups is 1. The van der Waals surface area contributed by atoms with E-state index < -0.39 is 5.54 Å². The average Bonchev–Trinajstić information content (AvgIpc) is 2.55. The van der Waals surface area contributed by atoms with Crippen molar-refractivity contribution in [3.05, 3.63) is 0 Å². The Labute approximate surface area is 98.6 Å². The van der Waals surface area contributed by atoms with Gasteiger partial charge in [-0.1, -0.05) is 13.8 Å². The predicted molar refractivity (Wildman–Crippen MR) is 66.0 cm³/mol. The molecule has 0 aromatic carbocycles. The second kappa shape index (κ2) is 5.15. The van der Waals surface area contributed by atoms with Crippen molar-refractivity contribution in [1.29, 1.82) is 0 Å². The van der Waals surface area contributed by atoms with E-state index in [9.17, 15) is 4.79 Å². The third kappa shape index (κ3) is 2.95. The Bertz CT molecular complexity index is 247. The first-order chi connectivity index (χ1) is 7.39. The molecule has 1 aliphatic heterocycles. The molecular weight excluding hydrogens is 202 g/mol. The van der Waals surface area contributed by atoms with Crippen LogP contribution in [0.3, 0.4) is 0 Å². The zero-order chi connectivity index (χ0) is 12.3. The fourth-order valence-corrected chi connectivity index (χ4v) is 2.18. The van der Waals surface area contributed by atoms with Crippen molar-refractivity contribution in [2.75, 3.05) is 26.7 Å². The lowest BCUT2D eigenvalue weighted by atomic mass is 9.97. The maximum absolute atomic E-state index is 11.3. The van der Waals surface area contributed by atoms with Gasteiger partial charge in [0.2, 0.25) is 5.91 Å².